The van der Waals surface area contributed by atoms with E-state index < -0.39 is 0 Å². The minimum atomic E-state index is -0.233. The van der Waals surface area contributed by atoms with E-state index in [1.807, 2.05) is 12.1 Å². The molecule has 25 heavy (non-hydrogen) atoms. The molecule has 128 valence electrons. The average molecular weight is 338 g/mol. The van der Waals surface area contributed by atoms with Crippen molar-refractivity contribution in [2.75, 3.05) is 18.0 Å². The standard InChI is InChI=1S/C17H18N6O2/c24-17(8-5-13-4-3-11-25-13)18-12-16-20-19-14-6-7-15(21-23(14)16)22-9-1-2-10-22/h3-8,11H,1-2,9-10,12H2,(H,18,24)/b8-5+. The van der Waals surface area contributed by atoms with Gasteiger partial charge in [-0.25, -0.2) is 0 Å². The van der Waals surface area contributed by atoms with Gasteiger partial charge in [0.15, 0.2) is 11.5 Å². The molecule has 0 radical (unpaired) electrons. The molecule has 1 saturated heterocycles. The molecule has 0 aromatic carbocycles. The Bertz CT molecular complexity index is 893. The molecule has 4 rings (SSSR count). The van der Waals surface area contributed by atoms with Crippen LogP contribution in [0.25, 0.3) is 11.7 Å². The normalized spacial score (nSPS) is 14.6. The van der Waals surface area contributed by atoms with Gasteiger partial charge in [-0.2, -0.15) is 4.52 Å². The van der Waals surface area contributed by atoms with Crippen LogP contribution in [0, 0.1) is 0 Å². The first-order valence-corrected chi connectivity index (χ1v) is 8.25. The summed E-state index contributed by atoms with van der Waals surface area (Å²) < 4.78 is 6.83. The molecule has 0 bridgehead atoms. The molecule has 0 saturated carbocycles. The Kier molecular flexibility index (Phi) is 4.16. The minimum Gasteiger partial charge on any atom is -0.465 e. The van der Waals surface area contributed by atoms with Gasteiger partial charge in [0.1, 0.15) is 11.6 Å². The van der Waals surface area contributed by atoms with Gasteiger partial charge in [0, 0.05) is 19.2 Å². The monoisotopic (exact) mass is 338 g/mol. The molecule has 3 aromatic rings. The highest BCUT2D eigenvalue weighted by Crippen LogP contribution is 2.17. The van der Waals surface area contributed by atoms with Crippen LogP contribution < -0.4 is 10.2 Å². The molecule has 3 aromatic heterocycles. The number of rotatable bonds is 5. The third-order valence-corrected chi connectivity index (χ3v) is 4.11. The lowest BCUT2D eigenvalue weighted by molar-refractivity contribution is -0.116. The second-order valence-corrected chi connectivity index (χ2v) is 5.84. The quantitative estimate of drug-likeness (QED) is 0.712. The number of nitrogens with one attached hydrogen (secondary N) is 1. The summed E-state index contributed by atoms with van der Waals surface area (Å²) in [6.45, 7) is 2.29. The zero-order chi connectivity index (χ0) is 17.1. The van der Waals surface area contributed by atoms with Gasteiger partial charge in [0.05, 0.1) is 12.8 Å². The predicted molar refractivity (Wildman–Crippen MR) is 91.8 cm³/mol. The van der Waals surface area contributed by atoms with Crippen LogP contribution in [0.15, 0.2) is 41.0 Å². The van der Waals surface area contributed by atoms with Gasteiger partial charge in [-0.3, -0.25) is 4.79 Å². The van der Waals surface area contributed by atoms with Crippen LogP contribution in [0.1, 0.15) is 24.4 Å². The summed E-state index contributed by atoms with van der Waals surface area (Å²) in [4.78, 5) is 14.2. The van der Waals surface area contributed by atoms with Gasteiger partial charge in [-0.05, 0) is 43.2 Å². The molecule has 0 atom stereocenters. The molecule has 8 nitrogen and oxygen atoms in total. The lowest BCUT2D eigenvalue weighted by Gasteiger charge is -2.15. The maximum absolute atomic E-state index is 11.9. The van der Waals surface area contributed by atoms with Crippen molar-refractivity contribution in [2.24, 2.45) is 0 Å². The number of carbonyl (C=O) groups is 1. The summed E-state index contributed by atoms with van der Waals surface area (Å²) in [5, 5.41) is 15.6. The zero-order valence-corrected chi connectivity index (χ0v) is 13.6. The molecule has 0 spiro atoms. The maximum atomic E-state index is 11.9. The van der Waals surface area contributed by atoms with Crippen molar-refractivity contribution in [1.82, 2.24) is 25.1 Å². The van der Waals surface area contributed by atoms with E-state index in [1.165, 1.54) is 18.9 Å². The Balaban J connectivity index is 1.45. The molecule has 8 heteroatoms. The fourth-order valence-corrected chi connectivity index (χ4v) is 2.82. The highest BCUT2D eigenvalue weighted by Gasteiger charge is 2.15. The van der Waals surface area contributed by atoms with Crippen LogP contribution in [0.3, 0.4) is 0 Å². The highest BCUT2D eigenvalue weighted by atomic mass is 16.3. The number of nitrogens with zero attached hydrogens (tertiary/aromatic N) is 5. The molecular formula is C17H18N6O2. The van der Waals surface area contributed by atoms with E-state index in [0.29, 0.717) is 17.2 Å². The van der Waals surface area contributed by atoms with Gasteiger partial charge >= 0.3 is 0 Å². The summed E-state index contributed by atoms with van der Waals surface area (Å²) in [5.41, 5.74) is 0.665. The molecular weight excluding hydrogens is 320 g/mol. The van der Waals surface area contributed by atoms with E-state index in [0.717, 1.165) is 18.9 Å². The molecule has 1 aliphatic rings. The third kappa shape index (κ3) is 3.37. The Hall–Kier alpha value is -3.16. The number of hydrogen-bond donors (Lipinski definition) is 1. The summed E-state index contributed by atoms with van der Waals surface area (Å²) in [6.07, 6.45) is 6.97. The van der Waals surface area contributed by atoms with E-state index in [-0.39, 0.29) is 12.5 Å². The number of anilines is 1. The summed E-state index contributed by atoms with van der Waals surface area (Å²) in [7, 11) is 0. The van der Waals surface area contributed by atoms with Crippen molar-refractivity contribution >= 4 is 23.4 Å². The predicted octanol–water partition coefficient (Wildman–Crippen LogP) is 1.65. The van der Waals surface area contributed by atoms with Crippen LogP contribution in [-0.4, -0.2) is 38.8 Å². The van der Waals surface area contributed by atoms with Crippen LogP contribution in [0.4, 0.5) is 5.82 Å². The molecule has 4 heterocycles. The second-order valence-electron chi connectivity index (χ2n) is 5.84. The van der Waals surface area contributed by atoms with Crippen molar-refractivity contribution in [1.29, 1.82) is 0 Å². The topological polar surface area (TPSA) is 88.6 Å². The first-order valence-electron chi connectivity index (χ1n) is 8.25. The SMILES string of the molecule is O=C(/C=C/c1ccco1)NCc1nnc2ccc(N3CCCC3)nn12. The first kappa shape index (κ1) is 15.4. The van der Waals surface area contributed by atoms with Gasteiger partial charge in [-0.1, -0.05) is 0 Å². The highest BCUT2D eigenvalue weighted by molar-refractivity contribution is 5.91. The molecule has 0 unspecified atom stereocenters. The molecule has 1 amide bonds. The van der Waals surface area contributed by atoms with Gasteiger partial charge in [0.25, 0.3) is 0 Å². The Morgan fingerprint density at radius 1 is 1.24 bits per heavy atom. The third-order valence-electron chi connectivity index (χ3n) is 4.11. The maximum Gasteiger partial charge on any atom is 0.244 e. The van der Waals surface area contributed by atoms with E-state index in [4.69, 9.17) is 4.42 Å². The smallest absolute Gasteiger partial charge is 0.244 e. The Morgan fingerprint density at radius 3 is 2.92 bits per heavy atom. The van der Waals surface area contributed by atoms with E-state index in [9.17, 15) is 4.79 Å². The second kappa shape index (κ2) is 6.76. The number of carbonyl (C=O) groups excluding carboxylic acids is 1. The van der Waals surface area contributed by atoms with Crippen molar-refractivity contribution in [3.05, 3.63) is 48.2 Å². The van der Waals surface area contributed by atoms with Crippen molar-refractivity contribution in [2.45, 2.75) is 19.4 Å². The van der Waals surface area contributed by atoms with Gasteiger partial charge < -0.3 is 14.6 Å². The van der Waals surface area contributed by atoms with Crippen molar-refractivity contribution < 1.29 is 9.21 Å². The number of hydrogen-bond acceptors (Lipinski definition) is 6. The Morgan fingerprint density at radius 2 is 2.12 bits per heavy atom. The average Bonchev–Trinajstić information content (AvgIpc) is 3.39. The van der Waals surface area contributed by atoms with Crippen LogP contribution in [0.5, 0.6) is 0 Å². The van der Waals surface area contributed by atoms with Crippen molar-refractivity contribution in [3.63, 3.8) is 0 Å². The zero-order valence-electron chi connectivity index (χ0n) is 13.6. The van der Waals surface area contributed by atoms with Gasteiger partial charge in [-0.15, -0.1) is 15.3 Å². The van der Waals surface area contributed by atoms with Crippen LogP contribution in [-0.2, 0) is 11.3 Å². The van der Waals surface area contributed by atoms with Crippen LogP contribution >= 0.6 is 0 Å². The van der Waals surface area contributed by atoms with E-state index in [2.05, 4.69) is 25.5 Å². The summed E-state index contributed by atoms with van der Waals surface area (Å²) in [5.74, 6) is 1.90. The molecule has 0 aliphatic carbocycles. The number of aromatic nitrogens is 4. The summed E-state index contributed by atoms with van der Waals surface area (Å²) in [6, 6.07) is 7.41. The number of fused-ring (bicyclic) bond motifs is 1. The lowest BCUT2D eigenvalue weighted by atomic mass is 10.4. The summed E-state index contributed by atoms with van der Waals surface area (Å²) >= 11 is 0. The molecule has 1 aliphatic heterocycles. The minimum absolute atomic E-state index is 0.233. The van der Waals surface area contributed by atoms with Gasteiger partial charge in [0.2, 0.25) is 5.91 Å². The largest absolute Gasteiger partial charge is 0.465 e. The van der Waals surface area contributed by atoms with Crippen molar-refractivity contribution in [3.8, 4) is 0 Å². The molecule has 1 fully saturated rings. The number of furan rings is 1. The Labute approximate surface area is 144 Å². The first-order chi connectivity index (χ1) is 12.3. The van der Waals surface area contributed by atoms with E-state index >= 15 is 0 Å². The fraction of sp³-hybridized carbons (Fsp3) is 0.294. The lowest BCUT2D eigenvalue weighted by Crippen LogP contribution is -2.23. The molecule has 1 N–H and O–H groups in total. The van der Waals surface area contributed by atoms with E-state index in [1.54, 1.807) is 29.0 Å². The number of amides is 1. The van der Waals surface area contributed by atoms with Crippen LogP contribution in [0.2, 0.25) is 0 Å². The fourth-order valence-electron chi connectivity index (χ4n) is 2.82.